The Morgan fingerprint density at radius 2 is 0.786 bits per heavy atom. The van der Waals surface area contributed by atoms with Crippen LogP contribution in [0, 0.1) is 3.92 Å². The molecule has 9 heteroatoms. The van der Waals surface area contributed by atoms with E-state index in [1.165, 1.54) is 3.92 Å². The molecule has 0 unspecified atom stereocenters. The van der Waals surface area contributed by atoms with Crippen molar-refractivity contribution >= 4 is 203 Å². The first-order valence-electron chi connectivity index (χ1n) is 2.95. The molecule has 0 saturated heterocycles. The van der Waals surface area contributed by atoms with Gasteiger partial charge in [-0.1, -0.05) is 203 Å². The van der Waals surface area contributed by atoms with Gasteiger partial charge in [-0.3, -0.25) is 0 Å². The molecule has 0 aromatic rings. The molecule has 1 rings (SSSR count). The second-order valence-corrected chi connectivity index (χ2v) is 24.9. The van der Waals surface area contributed by atoms with Gasteiger partial charge in [0, 0.05) is 0 Å². The van der Waals surface area contributed by atoms with Crippen molar-refractivity contribution in [2.24, 2.45) is 0 Å². The minimum atomic E-state index is 0.203. The summed E-state index contributed by atoms with van der Waals surface area (Å²) in [7, 11) is 0. The number of hydrogen-bond donors (Lipinski definition) is 0. The van der Waals surface area contributed by atoms with Crippen molar-refractivity contribution in [3.8, 4) is 0 Å². The molecule has 83 valence electrons. The predicted octanol–water partition coefficient (Wildman–Crippen LogP) is 7.23. The van der Waals surface area contributed by atoms with Gasteiger partial charge in [-0.05, 0) is 0 Å². The maximum Gasteiger partial charge on any atom is 0.124 e. The smallest absolute Gasteiger partial charge is 0.0724 e. The van der Waals surface area contributed by atoms with Crippen molar-refractivity contribution in [3.63, 3.8) is 0 Å². The lowest BCUT2D eigenvalue weighted by Crippen LogP contribution is -2.43. The third kappa shape index (κ3) is 2.76. The Morgan fingerprint density at radius 3 is 0.857 bits per heavy atom. The van der Waals surface area contributed by atoms with Crippen LogP contribution in [0.3, 0.4) is 0 Å². The van der Waals surface area contributed by atoms with E-state index in [1.807, 2.05) is 0 Å². The Bertz CT molecular complexity index is 228. The highest BCUT2D eigenvalue weighted by Crippen LogP contribution is 2.81. The predicted molar refractivity (Wildman–Crippen MR) is 140 cm³/mol. The Labute approximate surface area is 207 Å². The molecule has 0 aliphatic heterocycles. The number of alkyl halides is 8. The van der Waals surface area contributed by atoms with Crippen molar-refractivity contribution < 1.29 is 0 Å². The number of rotatable bonds is 0. The van der Waals surface area contributed by atoms with Crippen molar-refractivity contribution in [2.45, 2.75) is 5.71 Å². The molecule has 0 atom stereocenters. The molecule has 0 aromatic carbocycles. The molecule has 0 spiro atoms. The van der Waals surface area contributed by atoms with Gasteiger partial charge in [0.15, 0.2) is 0 Å². The van der Waals surface area contributed by atoms with E-state index in [-0.39, 0.29) is 5.71 Å². The molecule has 1 fully saturated rings. The van der Waals surface area contributed by atoms with Gasteiger partial charge in [0.25, 0.3) is 0 Å². The summed E-state index contributed by atoms with van der Waals surface area (Å²) in [6, 6.07) is 0. The van der Waals surface area contributed by atoms with Crippen molar-refractivity contribution in [2.75, 3.05) is 0 Å². The zero-order chi connectivity index (χ0) is 11.6. The second kappa shape index (κ2) is 5.99. The monoisotopic (exact) mass is 1200 g/mol. The third-order valence-corrected chi connectivity index (χ3v) is 31.7. The van der Waals surface area contributed by atoms with Gasteiger partial charge in [0.05, 0.1) is 3.92 Å². The first-order chi connectivity index (χ1) is 5.90. The van der Waals surface area contributed by atoms with Crippen LogP contribution in [0.4, 0.5) is 0 Å². The summed E-state index contributed by atoms with van der Waals surface area (Å²) in [6.07, 6.45) is 0. The minimum Gasteiger partial charge on any atom is -0.0724 e. The van der Waals surface area contributed by atoms with Gasteiger partial charge in [-0.15, -0.1) is 0 Å². The fourth-order valence-corrected chi connectivity index (χ4v) is 15.9. The summed E-state index contributed by atoms with van der Waals surface area (Å²) < 4.78 is 2.38. The van der Waals surface area contributed by atoms with Crippen LogP contribution in [0.2, 0.25) is 0 Å². The summed E-state index contributed by atoms with van der Waals surface area (Å²) in [6.45, 7) is 0. The summed E-state index contributed by atoms with van der Waals surface area (Å²) in [5.41, 5.74) is 0. The molecule has 0 amide bonds. The van der Waals surface area contributed by atoms with Crippen molar-refractivity contribution in [3.05, 3.63) is 3.92 Å². The molecule has 0 aromatic heterocycles. The van der Waals surface area contributed by atoms with E-state index in [4.69, 9.17) is 0 Å². The topological polar surface area (TPSA) is 0 Å². The molecule has 1 aliphatic carbocycles. The second-order valence-electron chi connectivity index (χ2n) is 2.61. The maximum absolute atomic E-state index is 2.61. The average molecular weight is 1200 g/mol. The van der Waals surface area contributed by atoms with E-state index < -0.39 is 0 Å². The quantitative estimate of drug-likeness (QED) is 0.178. The van der Waals surface area contributed by atoms with Crippen LogP contribution < -0.4 is 0 Å². The highest BCUT2D eigenvalue weighted by Gasteiger charge is 2.77. The van der Waals surface area contributed by atoms with Crippen LogP contribution in [0.15, 0.2) is 0 Å². The Kier molecular flexibility index (Phi) is 7.96. The molecular weight excluding hydrogens is 1200 g/mol. The maximum atomic E-state index is 2.61. The lowest BCUT2D eigenvalue weighted by molar-refractivity contribution is 0.961. The minimum absolute atomic E-state index is 0.203. The van der Waals surface area contributed by atoms with Gasteiger partial charge in [-0.2, -0.15) is 0 Å². The lowest BCUT2D eigenvalue weighted by atomic mass is 10.4. The largest absolute Gasteiger partial charge is 0.124 e. The Balaban J connectivity index is 3.38. The van der Waals surface area contributed by atoms with E-state index in [2.05, 4.69) is 203 Å². The van der Waals surface area contributed by atoms with Crippen LogP contribution in [0.5, 0.6) is 0 Å². The molecule has 0 bridgehead atoms. The molecule has 14 heavy (non-hydrogen) atoms. The standard InChI is InChI=1S/C5I9/c6-1-2(7,8)4(11,12)5(13,14)3(1,9)10. The van der Waals surface area contributed by atoms with Crippen LogP contribution in [0.1, 0.15) is 0 Å². The zero-order valence-electron chi connectivity index (χ0n) is 5.90. The van der Waals surface area contributed by atoms with E-state index >= 15 is 0 Å². The van der Waals surface area contributed by atoms with E-state index in [0.717, 1.165) is 0 Å². The fraction of sp³-hybridized carbons (Fsp3) is 0.800. The number of halogens is 9. The Morgan fingerprint density at radius 1 is 0.571 bits per heavy atom. The molecule has 1 aliphatic rings. The summed E-state index contributed by atoms with van der Waals surface area (Å²) in [4.78, 5) is 0. The summed E-state index contributed by atoms with van der Waals surface area (Å²) >= 11 is 23.4. The molecule has 0 nitrogen and oxygen atoms in total. The molecule has 1 radical (unpaired) electrons. The van der Waals surface area contributed by atoms with Gasteiger partial charge in [0.2, 0.25) is 0 Å². The molecule has 1 saturated carbocycles. The van der Waals surface area contributed by atoms with E-state index in [9.17, 15) is 0 Å². The summed E-state index contributed by atoms with van der Waals surface area (Å²) in [5, 5.41) is 0. The first-order valence-corrected chi connectivity index (χ1v) is 12.7. The van der Waals surface area contributed by atoms with Crippen LogP contribution in [-0.4, -0.2) is 5.71 Å². The normalized spacial score (nSPS) is 33.2. The zero-order valence-corrected chi connectivity index (χ0v) is 25.3. The first kappa shape index (κ1) is 18.6. The summed E-state index contributed by atoms with van der Waals surface area (Å²) in [5.74, 6) is 0. The SMILES string of the molecule is I[C]1C(I)(I)C(I)(I)C(I)(I)C1(I)I. The van der Waals surface area contributed by atoms with Gasteiger partial charge in [0.1, 0.15) is 5.71 Å². The molecule has 0 heterocycles. The van der Waals surface area contributed by atoms with Crippen LogP contribution in [0.25, 0.3) is 0 Å². The van der Waals surface area contributed by atoms with Gasteiger partial charge >= 0.3 is 0 Å². The van der Waals surface area contributed by atoms with E-state index in [1.54, 1.807) is 0 Å². The fourth-order valence-electron chi connectivity index (χ4n) is 0.867. The molecular formula is C5I9. The van der Waals surface area contributed by atoms with Crippen LogP contribution in [-0.2, 0) is 0 Å². The number of hydrogen-bond acceptors (Lipinski definition) is 0. The average Bonchev–Trinajstić information content (AvgIpc) is 2.05. The Hall–Kier alpha value is 6.57. The van der Waals surface area contributed by atoms with Gasteiger partial charge in [-0.25, -0.2) is 0 Å². The van der Waals surface area contributed by atoms with E-state index in [0.29, 0.717) is 0 Å². The van der Waals surface area contributed by atoms with Crippen molar-refractivity contribution in [1.29, 1.82) is 0 Å². The highest BCUT2D eigenvalue weighted by molar-refractivity contribution is 14.2. The highest BCUT2D eigenvalue weighted by atomic mass is 127. The molecule has 0 N–H and O–H groups in total. The van der Waals surface area contributed by atoms with Crippen LogP contribution >= 0.6 is 203 Å². The lowest BCUT2D eigenvalue weighted by Gasteiger charge is -2.36. The third-order valence-electron chi connectivity index (χ3n) is 1.73. The van der Waals surface area contributed by atoms with Gasteiger partial charge < -0.3 is 0 Å². The van der Waals surface area contributed by atoms with Crippen molar-refractivity contribution in [1.82, 2.24) is 0 Å².